The quantitative estimate of drug-likeness (QED) is 0.691. The number of halogens is 3. The van der Waals surface area contributed by atoms with E-state index in [1.165, 1.54) is 0 Å². The summed E-state index contributed by atoms with van der Waals surface area (Å²) in [6, 6.07) is 4.03. The van der Waals surface area contributed by atoms with Gasteiger partial charge in [-0.1, -0.05) is 11.6 Å². The molecule has 2 aromatic heterocycles. The van der Waals surface area contributed by atoms with Gasteiger partial charge in [0.1, 0.15) is 5.69 Å². The Hall–Kier alpha value is -1.99. The summed E-state index contributed by atoms with van der Waals surface area (Å²) in [7, 11) is 1.87. The van der Waals surface area contributed by atoms with Crippen LogP contribution in [0.5, 0.6) is 0 Å². The molecule has 5 nitrogen and oxygen atoms in total. The van der Waals surface area contributed by atoms with Crippen molar-refractivity contribution in [2.24, 2.45) is 7.05 Å². The van der Waals surface area contributed by atoms with Crippen molar-refractivity contribution in [2.45, 2.75) is 25.2 Å². The monoisotopic (exact) mass is 379 g/mol. The highest BCUT2D eigenvalue weighted by Crippen LogP contribution is 2.36. The Morgan fingerprint density at radius 3 is 2.62 bits per heavy atom. The minimum absolute atomic E-state index is 0.146. The van der Waals surface area contributed by atoms with Gasteiger partial charge in [-0.3, -0.25) is 9.58 Å². The van der Waals surface area contributed by atoms with Gasteiger partial charge in [0.15, 0.2) is 0 Å². The molecular formula is C18H20ClF2N5. The number of benzene rings is 1. The number of rotatable bonds is 4. The molecule has 0 N–H and O–H groups in total. The molecule has 3 heterocycles. The SMILES string of the molecule is Cn1cc(-n2ncc3cc(Cl)c(C4CCN(CC(F)F)CC4)cc32)cn1. The molecule has 0 unspecified atom stereocenters. The van der Waals surface area contributed by atoms with Gasteiger partial charge in [0.05, 0.1) is 30.7 Å². The second kappa shape index (κ2) is 6.96. The van der Waals surface area contributed by atoms with E-state index in [2.05, 4.69) is 16.3 Å². The molecule has 4 rings (SSSR count). The van der Waals surface area contributed by atoms with Gasteiger partial charge < -0.3 is 0 Å². The molecule has 0 amide bonds. The second-order valence-corrected chi connectivity index (χ2v) is 7.23. The zero-order chi connectivity index (χ0) is 18.3. The number of fused-ring (bicyclic) bond motifs is 1. The average Bonchev–Trinajstić information content (AvgIpc) is 3.20. The van der Waals surface area contributed by atoms with Gasteiger partial charge in [-0.25, -0.2) is 13.5 Å². The highest BCUT2D eigenvalue weighted by molar-refractivity contribution is 6.32. The van der Waals surface area contributed by atoms with Crippen LogP contribution in [0.15, 0.2) is 30.7 Å². The number of piperidine rings is 1. The highest BCUT2D eigenvalue weighted by atomic mass is 35.5. The molecule has 0 saturated carbocycles. The molecule has 26 heavy (non-hydrogen) atoms. The number of nitrogens with zero attached hydrogens (tertiary/aromatic N) is 5. The van der Waals surface area contributed by atoms with E-state index in [0.717, 1.165) is 40.0 Å². The summed E-state index contributed by atoms with van der Waals surface area (Å²) >= 11 is 6.53. The first-order valence-electron chi connectivity index (χ1n) is 8.68. The average molecular weight is 380 g/mol. The highest BCUT2D eigenvalue weighted by Gasteiger charge is 2.24. The molecule has 3 aromatic rings. The van der Waals surface area contributed by atoms with Gasteiger partial charge >= 0.3 is 0 Å². The summed E-state index contributed by atoms with van der Waals surface area (Å²) in [5.74, 6) is 0.276. The van der Waals surface area contributed by atoms with Gasteiger partial charge in [0.25, 0.3) is 6.43 Å². The van der Waals surface area contributed by atoms with Crippen molar-refractivity contribution in [3.63, 3.8) is 0 Å². The third kappa shape index (κ3) is 3.33. The Bertz CT molecular complexity index is 912. The summed E-state index contributed by atoms with van der Waals surface area (Å²) in [5, 5.41) is 10.4. The van der Waals surface area contributed by atoms with E-state index in [9.17, 15) is 8.78 Å². The molecule has 0 aliphatic carbocycles. The molecule has 1 aliphatic rings. The first-order valence-corrected chi connectivity index (χ1v) is 9.06. The van der Waals surface area contributed by atoms with Crippen molar-refractivity contribution in [1.29, 1.82) is 0 Å². The Morgan fingerprint density at radius 2 is 1.96 bits per heavy atom. The normalized spacial score (nSPS) is 16.8. The van der Waals surface area contributed by atoms with Crippen LogP contribution in [-0.4, -0.2) is 50.5 Å². The van der Waals surface area contributed by atoms with E-state index in [1.807, 2.05) is 28.9 Å². The van der Waals surface area contributed by atoms with Crippen LogP contribution in [0.4, 0.5) is 8.78 Å². The number of likely N-dealkylation sites (tertiary alicyclic amines) is 1. The summed E-state index contributed by atoms with van der Waals surface area (Å²) < 4.78 is 28.7. The van der Waals surface area contributed by atoms with Gasteiger partial charge in [-0.05, 0) is 49.5 Å². The number of aryl methyl sites for hydroxylation is 1. The van der Waals surface area contributed by atoms with Gasteiger partial charge in [-0.15, -0.1) is 0 Å². The summed E-state index contributed by atoms with van der Waals surface area (Å²) in [6.45, 7) is 1.20. The Morgan fingerprint density at radius 1 is 1.19 bits per heavy atom. The zero-order valence-corrected chi connectivity index (χ0v) is 15.2. The smallest absolute Gasteiger partial charge is 0.251 e. The molecule has 138 valence electrons. The second-order valence-electron chi connectivity index (χ2n) is 6.83. The lowest BCUT2D eigenvalue weighted by Crippen LogP contribution is -2.36. The fourth-order valence-electron chi connectivity index (χ4n) is 3.72. The van der Waals surface area contributed by atoms with Crippen LogP contribution in [-0.2, 0) is 7.05 Å². The predicted octanol–water partition coefficient (Wildman–Crippen LogP) is 3.86. The van der Waals surface area contributed by atoms with Crippen LogP contribution >= 0.6 is 11.6 Å². The maximum atomic E-state index is 12.6. The van der Waals surface area contributed by atoms with Crippen molar-refractivity contribution in [2.75, 3.05) is 19.6 Å². The summed E-state index contributed by atoms with van der Waals surface area (Å²) in [4.78, 5) is 1.83. The fourth-order valence-corrected chi connectivity index (χ4v) is 4.05. The van der Waals surface area contributed by atoms with Crippen LogP contribution in [0.2, 0.25) is 5.02 Å². The molecule has 1 aromatic carbocycles. The maximum absolute atomic E-state index is 12.6. The molecule has 1 saturated heterocycles. The number of aromatic nitrogens is 4. The Labute approximate surface area is 155 Å². The third-order valence-corrected chi connectivity index (χ3v) is 5.37. The van der Waals surface area contributed by atoms with E-state index in [0.29, 0.717) is 13.1 Å². The Kier molecular flexibility index (Phi) is 4.67. The molecular weight excluding hydrogens is 360 g/mol. The lowest BCUT2D eigenvalue weighted by molar-refractivity contribution is 0.0754. The first kappa shape index (κ1) is 17.4. The van der Waals surface area contributed by atoms with E-state index in [-0.39, 0.29) is 12.5 Å². The topological polar surface area (TPSA) is 38.9 Å². The van der Waals surface area contributed by atoms with E-state index >= 15 is 0 Å². The maximum Gasteiger partial charge on any atom is 0.251 e. The number of hydrogen-bond donors (Lipinski definition) is 0. The van der Waals surface area contributed by atoms with Crippen molar-refractivity contribution < 1.29 is 8.78 Å². The van der Waals surface area contributed by atoms with Gasteiger partial charge in [-0.2, -0.15) is 10.2 Å². The Balaban J connectivity index is 1.63. The predicted molar refractivity (Wildman–Crippen MR) is 97.3 cm³/mol. The number of alkyl halides is 2. The lowest BCUT2D eigenvalue weighted by atomic mass is 9.89. The standard InChI is InChI=1S/C18H20ClF2N5/c1-24-10-14(9-22-24)26-17-7-15(16(19)6-13(17)8-23-26)12-2-4-25(5-3-12)11-18(20)21/h6-10,12,18H,2-5,11H2,1H3. The van der Waals surface area contributed by atoms with Gasteiger partial charge in [0, 0.05) is 17.5 Å². The summed E-state index contributed by atoms with van der Waals surface area (Å²) in [5.41, 5.74) is 2.94. The van der Waals surface area contributed by atoms with Crippen molar-refractivity contribution in [1.82, 2.24) is 24.5 Å². The minimum atomic E-state index is -2.28. The molecule has 0 bridgehead atoms. The van der Waals surface area contributed by atoms with E-state index in [4.69, 9.17) is 11.6 Å². The number of hydrogen-bond acceptors (Lipinski definition) is 3. The van der Waals surface area contributed by atoms with Crippen molar-refractivity contribution in [3.05, 3.63) is 41.3 Å². The fraction of sp³-hybridized carbons (Fsp3) is 0.444. The van der Waals surface area contributed by atoms with Crippen LogP contribution in [0.25, 0.3) is 16.6 Å². The first-order chi connectivity index (χ1) is 12.5. The summed E-state index contributed by atoms with van der Waals surface area (Å²) in [6.07, 6.45) is 4.86. The molecule has 0 spiro atoms. The lowest BCUT2D eigenvalue weighted by Gasteiger charge is -2.32. The van der Waals surface area contributed by atoms with Gasteiger partial charge in [0.2, 0.25) is 0 Å². The largest absolute Gasteiger partial charge is 0.298 e. The van der Waals surface area contributed by atoms with E-state index in [1.54, 1.807) is 17.1 Å². The van der Waals surface area contributed by atoms with Crippen LogP contribution in [0, 0.1) is 0 Å². The minimum Gasteiger partial charge on any atom is -0.298 e. The zero-order valence-electron chi connectivity index (χ0n) is 14.4. The molecule has 8 heteroatoms. The van der Waals surface area contributed by atoms with Crippen molar-refractivity contribution >= 4 is 22.5 Å². The molecule has 1 fully saturated rings. The molecule has 1 aliphatic heterocycles. The van der Waals surface area contributed by atoms with Crippen LogP contribution in [0.3, 0.4) is 0 Å². The third-order valence-electron chi connectivity index (χ3n) is 5.05. The molecule has 0 radical (unpaired) electrons. The van der Waals surface area contributed by atoms with E-state index < -0.39 is 6.43 Å². The van der Waals surface area contributed by atoms with Crippen LogP contribution < -0.4 is 0 Å². The van der Waals surface area contributed by atoms with Crippen molar-refractivity contribution in [3.8, 4) is 5.69 Å². The molecule has 0 atom stereocenters. The van der Waals surface area contributed by atoms with Crippen LogP contribution in [0.1, 0.15) is 24.3 Å².